The standard InChI is InChI=1S/C34H35BrFN3O5S/c1-4-37-34(41)31(20-25-10-6-5-7-11-25)38(22-26-12-8-9-13-30(26)36)33(40)23-39(27-16-14-24(2)15-17-27)45(42,43)28-18-19-32(44-3)29(35)21-28/h5-19,21,31H,4,20,22-23H2,1-3H3,(H,37,41)/t31-/m0/s1. The van der Waals surface area contributed by atoms with Crippen LogP contribution in [0.3, 0.4) is 0 Å². The minimum absolute atomic E-state index is 0.0752. The van der Waals surface area contributed by atoms with Crippen LogP contribution in [0, 0.1) is 12.7 Å². The predicted molar refractivity (Wildman–Crippen MR) is 176 cm³/mol. The average molecular weight is 697 g/mol. The molecule has 0 aliphatic heterocycles. The minimum atomic E-state index is -4.31. The number of ether oxygens (including phenoxy) is 1. The molecule has 8 nitrogen and oxygen atoms in total. The number of nitrogens with zero attached hydrogens (tertiary/aromatic N) is 2. The maximum absolute atomic E-state index is 15.0. The molecule has 0 saturated heterocycles. The van der Waals surface area contributed by atoms with Gasteiger partial charge in [-0.05, 0) is 71.7 Å². The molecule has 0 aliphatic rings. The lowest BCUT2D eigenvalue weighted by Crippen LogP contribution is -2.53. The molecule has 0 aliphatic carbocycles. The van der Waals surface area contributed by atoms with Gasteiger partial charge in [-0.1, -0.05) is 66.2 Å². The van der Waals surface area contributed by atoms with Crippen LogP contribution in [0.2, 0.25) is 0 Å². The van der Waals surface area contributed by atoms with Gasteiger partial charge in [-0.3, -0.25) is 13.9 Å². The van der Waals surface area contributed by atoms with Gasteiger partial charge in [0.15, 0.2) is 0 Å². The number of sulfonamides is 1. The highest BCUT2D eigenvalue weighted by atomic mass is 79.9. The monoisotopic (exact) mass is 695 g/mol. The highest BCUT2D eigenvalue weighted by Gasteiger charge is 2.35. The van der Waals surface area contributed by atoms with Crippen molar-refractivity contribution in [2.45, 2.75) is 37.8 Å². The van der Waals surface area contributed by atoms with Gasteiger partial charge in [0, 0.05) is 25.1 Å². The summed E-state index contributed by atoms with van der Waals surface area (Å²) in [4.78, 5) is 29.1. The third-order valence-electron chi connectivity index (χ3n) is 7.23. The van der Waals surface area contributed by atoms with Crippen molar-refractivity contribution >= 4 is 43.5 Å². The third kappa shape index (κ3) is 8.29. The number of carbonyl (C=O) groups excluding carboxylic acids is 2. The fourth-order valence-electron chi connectivity index (χ4n) is 4.83. The second-order valence-corrected chi connectivity index (χ2v) is 13.1. The first-order valence-electron chi connectivity index (χ1n) is 14.3. The molecule has 4 aromatic carbocycles. The van der Waals surface area contributed by atoms with E-state index in [1.165, 1.54) is 48.4 Å². The molecule has 2 amide bonds. The lowest BCUT2D eigenvalue weighted by Gasteiger charge is -2.34. The Morgan fingerprint density at radius 2 is 1.62 bits per heavy atom. The van der Waals surface area contributed by atoms with Crippen LogP contribution in [0.25, 0.3) is 0 Å². The lowest BCUT2D eigenvalue weighted by molar-refractivity contribution is -0.140. The Kier molecular flexibility index (Phi) is 11.4. The van der Waals surface area contributed by atoms with E-state index in [1.807, 2.05) is 37.3 Å². The molecule has 1 N–H and O–H groups in total. The number of rotatable bonds is 13. The molecule has 4 rings (SSSR count). The van der Waals surface area contributed by atoms with E-state index >= 15 is 0 Å². The molecular formula is C34H35BrFN3O5S. The average Bonchev–Trinajstić information content (AvgIpc) is 3.03. The number of hydrogen-bond donors (Lipinski definition) is 1. The Morgan fingerprint density at radius 3 is 2.24 bits per heavy atom. The van der Waals surface area contributed by atoms with E-state index in [1.54, 1.807) is 37.3 Å². The van der Waals surface area contributed by atoms with Crippen molar-refractivity contribution in [2.75, 3.05) is 24.5 Å². The maximum Gasteiger partial charge on any atom is 0.264 e. The first kappa shape index (κ1) is 33.7. The van der Waals surface area contributed by atoms with Crippen molar-refractivity contribution in [3.05, 3.63) is 124 Å². The van der Waals surface area contributed by atoms with Gasteiger partial charge in [0.1, 0.15) is 24.2 Å². The number of amides is 2. The number of methoxy groups -OCH3 is 1. The predicted octanol–water partition coefficient (Wildman–Crippen LogP) is 5.88. The Hall–Kier alpha value is -4.22. The van der Waals surface area contributed by atoms with Crippen molar-refractivity contribution in [3.63, 3.8) is 0 Å². The number of anilines is 1. The number of halogens is 2. The second kappa shape index (κ2) is 15.2. The van der Waals surface area contributed by atoms with Crippen molar-refractivity contribution in [3.8, 4) is 5.75 Å². The third-order valence-corrected chi connectivity index (χ3v) is 9.62. The quantitative estimate of drug-likeness (QED) is 0.189. The highest BCUT2D eigenvalue weighted by molar-refractivity contribution is 9.10. The van der Waals surface area contributed by atoms with Gasteiger partial charge in [-0.2, -0.15) is 0 Å². The molecule has 0 aromatic heterocycles. The number of hydrogen-bond acceptors (Lipinski definition) is 5. The van der Waals surface area contributed by atoms with Crippen molar-refractivity contribution < 1.29 is 27.1 Å². The van der Waals surface area contributed by atoms with E-state index in [9.17, 15) is 22.4 Å². The zero-order chi connectivity index (χ0) is 32.6. The molecule has 236 valence electrons. The summed E-state index contributed by atoms with van der Waals surface area (Å²) >= 11 is 3.35. The summed E-state index contributed by atoms with van der Waals surface area (Å²) in [5, 5.41) is 2.79. The van der Waals surface area contributed by atoms with Gasteiger partial charge in [0.05, 0.1) is 22.2 Å². The van der Waals surface area contributed by atoms with Gasteiger partial charge in [-0.15, -0.1) is 0 Å². The molecule has 0 saturated carbocycles. The van der Waals surface area contributed by atoms with E-state index in [0.717, 1.165) is 15.4 Å². The van der Waals surface area contributed by atoms with E-state index in [0.29, 0.717) is 16.8 Å². The largest absolute Gasteiger partial charge is 0.496 e. The number of aryl methyl sites for hydroxylation is 1. The summed E-state index contributed by atoms with van der Waals surface area (Å²) in [5.41, 5.74) is 2.13. The molecule has 0 bridgehead atoms. The molecule has 0 fully saturated rings. The maximum atomic E-state index is 15.0. The van der Waals surface area contributed by atoms with Gasteiger partial charge >= 0.3 is 0 Å². The fraction of sp³-hybridized carbons (Fsp3) is 0.235. The van der Waals surface area contributed by atoms with Gasteiger partial charge in [-0.25, -0.2) is 12.8 Å². The Bertz CT molecular complexity index is 1740. The number of nitrogens with one attached hydrogen (secondary N) is 1. The second-order valence-electron chi connectivity index (χ2n) is 10.4. The SMILES string of the molecule is CCNC(=O)[C@H](Cc1ccccc1)N(Cc1ccccc1F)C(=O)CN(c1ccc(C)cc1)S(=O)(=O)c1ccc(OC)c(Br)c1. The van der Waals surface area contributed by atoms with Crippen LogP contribution < -0.4 is 14.4 Å². The highest BCUT2D eigenvalue weighted by Crippen LogP contribution is 2.31. The molecule has 0 spiro atoms. The molecule has 45 heavy (non-hydrogen) atoms. The lowest BCUT2D eigenvalue weighted by atomic mass is 10.0. The zero-order valence-electron chi connectivity index (χ0n) is 25.2. The summed E-state index contributed by atoms with van der Waals surface area (Å²) in [7, 11) is -2.84. The van der Waals surface area contributed by atoms with E-state index in [4.69, 9.17) is 4.74 Å². The van der Waals surface area contributed by atoms with Crippen LogP contribution >= 0.6 is 15.9 Å². The first-order chi connectivity index (χ1) is 21.5. The van der Waals surface area contributed by atoms with Crippen LogP contribution in [-0.4, -0.2) is 51.4 Å². The van der Waals surface area contributed by atoms with E-state index in [2.05, 4.69) is 21.2 Å². The van der Waals surface area contributed by atoms with Gasteiger partial charge in [0.25, 0.3) is 10.0 Å². The van der Waals surface area contributed by atoms with Crippen molar-refractivity contribution in [2.24, 2.45) is 0 Å². The van der Waals surface area contributed by atoms with Crippen molar-refractivity contribution in [1.82, 2.24) is 10.2 Å². The summed E-state index contributed by atoms with van der Waals surface area (Å²) in [5.74, 6) is -1.22. The first-order valence-corrected chi connectivity index (χ1v) is 16.6. The van der Waals surface area contributed by atoms with Crippen LogP contribution in [0.4, 0.5) is 10.1 Å². The molecular weight excluding hydrogens is 661 g/mol. The Labute approximate surface area is 272 Å². The summed E-state index contributed by atoms with van der Waals surface area (Å²) in [6.07, 6.45) is 0.134. The van der Waals surface area contributed by atoms with Crippen LogP contribution in [0.15, 0.2) is 106 Å². The fourth-order valence-corrected chi connectivity index (χ4v) is 6.96. The molecule has 11 heteroatoms. The topological polar surface area (TPSA) is 96.0 Å². The normalized spacial score (nSPS) is 11.8. The number of carbonyl (C=O) groups is 2. The van der Waals surface area contributed by atoms with E-state index in [-0.39, 0.29) is 29.1 Å². The molecule has 0 unspecified atom stereocenters. The number of benzene rings is 4. The summed E-state index contributed by atoms with van der Waals surface area (Å²) < 4.78 is 50.0. The van der Waals surface area contributed by atoms with Crippen LogP contribution in [0.5, 0.6) is 5.75 Å². The van der Waals surface area contributed by atoms with Gasteiger partial charge in [0.2, 0.25) is 11.8 Å². The zero-order valence-corrected chi connectivity index (χ0v) is 27.6. The van der Waals surface area contributed by atoms with E-state index < -0.39 is 40.2 Å². The Balaban J connectivity index is 1.81. The number of likely N-dealkylation sites (N-methyl/N-ethyl adjacent to an activating group) is 1. The minimum Gasteiger partial charge on any atom is -0.496 e. The van der Waals surface area contributed by atoms with Crippen LogP contribution in [0.1, 0.15) is 23.6 Å². The molecule has 0 radical (unpaired) electrons. The van der Waals surface area contributed by atoms with Gasteiger partial charge < -0.3 is 15.0 Å². The molecule has 4 aromatic rings. The smallest absolute Gasteiger partial charge is 0.264 e. The Morgan fingerprint density at radius 1 is 0.956 bits per heavy atom. The molecule has 1 atom stereocenters. The van der Waals surface area contributed by atoms with Crippen molar-refractivity contribution in [1.29, 1.82) is 0 Å². The molecule has 0 heterocycles. The summed E-state index contributed by atoms with van der Waals surface area (Å²) in [6, 6.07) is 25.1. The summed E-state index contributed by atoms with van der Waals surface area (Å²) in [6.45, 7) is 3.04. The van der Waals surface area contributed by atoms with Crippen LogP contribution in [-0.2, 0) is 32.6 Å².